The number of carbonyl (C=O) groups excluding carboxylic acids is 1. The summed E-state index contributed by atoms with van der Waals surface area (Å²) in [5.41, 5.74) is 2.18. The van der Waals surface area contributed by atoms with E-state index >= 15 is 0 Å². The number of hydrogen-bond donors (Lipinski definition) is 2. The second-order valence-electron chi connectivity index (χ2n) is 5.86. The second kappa shape index (κ2) is 8.87. The maximum Gasteiger partial charge on any atom is 0.279 e. The van der Waals surface area contributed by atoms with Gasteiger partial charge in [-0.1, -0.05) is 42.5 Å². The second-order valence-corrected chi connectivity index (χ2v) is 6.87. The third-order valence-electron chi connectivity index (χ3n) is 4.01. The Morgan fingerprint density at radius 1 is 1.04 bits per heavy atom. The van der Waals surface area contributed by atoms with Crippen LogP contribution in [0.15, 0.2) is 59.5 Å². The molecular formula is C19H23N2O2S+. The summed E-state index contributed by atoms with van der Waals surface area (Å²) in [7, 11) is 0. The summed E-state index contributed by atoms with van der Waals surface area (Å²) in [4.78, 5) is 14.7. The van der Waals surface area contributed by atoms with Gasteiger partial charge in [0.2, 0.25) is 0 Å². The molecule has 0 spiro atoms. The highest BCUT2D eigenvalue weighted by Gasteiger charge is 2.18. The van der Waals surface area contributed by atoms with Crippen LogP contribution in [0, 0.1) is 0 Å². The summed E-state index contributed by atoms with van der Waals surface area (Å²) in [6.07, 6.45) is 0. The molecule has 1 heterocycles. The van der Waals surface area contributed by atoms with E-state index in [1.54, 1.807) is 11.8 Å². The molecule has 4 nitrogen and oxygen atoms in total. The van der Waals surface area contributed by atoms with Gasteiger partial charge in [0.15, 0.2) is 6.54 Å². The Kier molecular flexibility index (Phi) is 6.29. The Morgan fingerprint density at radius 2 is 1.75 bits per heavy atom. The van der Waals surface area contributed by atoms with Crippen molar-refractivity contribution in [2.24, 2.45) is 0 Å². The van der Waals surface area contributed by atoms with Crippen molar-refractivity contribution in [2.75, 3.05) is 38.2 Å². The number of nitrogens with one attached hydrogen (secondary N) is 2. The minimum absolute atomic E-state index is 0.0691. The van der Waals surface area contributed by atoms with E-state index in [2.05, 4.69) is 35.6 Å². The Bertz CT molecular complexity index is 657. The van der Waals surface area contributed by atoms with Crippen LogP contribution in [-0.4, -0.2) is 38.8 Å². The third kappa shape index (κ3) is 5.09. The lowest BCUT2D eigenvalue weighted by molar-refractivity contribution is -0.899. The molecule has 1 saturated heterocycles. The van der Waals surface area contributed by atoms with Crippen LogP contribution in [0.4, 0.5) is 5.69 Å². The standard InChI is InChI=1S/C19H22N2O2S/c22-19(14-21-10-12-23-13-11-21)20-17-8-4-5-9-18(17)24-15-16-6-2-1-3-7-16/h1-9H,10-15H2,(H,20,22)/p+1. The highest BCUT2D eigenvalue weighted by Crippen LogP contribution is 2.29. The molecule has 0 aliphatic carbocycles. The van der Waals surface area contributed by atoms with Gasteiger partial charge in [0.1, 0.15) is 13.1 Å². The smallest absolute Gasteiger partial charge is 0.279 e. The van der Waals surface area contributed by atoms with Crippen molar-refractivity contribution in [3.05, 3.63) is 60.2 Å². The van der Waals surface area contributed by atoms with Crippen molar-refractivity contribution >= 4 is 23.4 Å². The van der Waals surface area contributed by atoms with Crippen LogP contribution in [0.3, 0.4) is 0 Å². The topological polar surface area (TPSA) is 42.8 Å². The molecule has 0 unspecified atom stereocenters. The van der Waals surface area contributed by atoms with Crippen LogP contribution >= 0.6 is 11.8 Å². The van der Waals surface area contributed by atoms with Crippen molar-refractivity contribution in [1.82, 2.24) is 0 Å². The van der Waals surface area contributed by atoms with Gasteiger partial charge in [-0.2, -0.15) is 0 Å². The average Bonchev–Trinajstić information content (AvgIpc) is 2.63. The zero-order chi connectivity index (χ0) is 16.6. The van der Waals surface area contributed by atoms with E-state index < -0.39 is 0 Å². The van der Waals surface area contributed by atoms with E-state index in [1.807, 2.05) is 24.3 Å². The first kappa shape index (κ1) is 17.0. The lowest BCUT2D eigenvalue weighted by atomic mass is 10.2. The first-order valence-electron chi connectivity index (χ1n) is 8.28. The molecule has 126 valence electrons. The summed E-state index contributed by atoms with van der Waals surface area (Å²) >= 11 is 1.75. The fourth-order valence-electron chi connectivity index (χ4n) is 2.69. The van der Waals surface area contributed by atoms with Gasteiger partial charge < -0.3 is 15.0 Å². The van der Waals surface area contributed by atoms with Gasteiger partial charge in [-0.15, -0.1) is 11.8 Å². The van der Waals surface area contributed by atoms with Crippen molar-refractivity contribution < 1.29 is 14.4 Å². The first-order valence-corrected chi connectivity index (χ1v) is 9.27. The van der Waals surface area contributed by atoms with Gasteiger partial charge in [-0.05, 0) is 17.7 Å². The van der Waals surface area contributed by atoms with Gasteiger partial charge in [-0.3, -0.25) is 4.79 Å². The van der Waals surface area contributed by atoms with Crippen LogP contribution in [0.2, 0.25) is 0 Å². The third-order valence-corrected chi connectivity index (χ3v) is 5.15. The largest absolute Gasteiger partial charge is 0.370 e. The maximum atomic E-state index is 12.3. The van der Waals surface area contributed by atoms with Gasteiger partial charge >= 0.3 is 0 Å². The predicted molar refractivity (Wildman–Crippen MR) is 97.5 cm³/mol. The first-order chi connectivity index (χ1) is 11.8. The number of thioether (sulfide) groups is 1. The number of para-hydroxylation sites is 1. The lowest BCUT2D eigenvalue weighted by Gasteiger charge is -2.23. The van der Waals surface area contributed by atoms with E-state index in [0.29, 0.717) is 6.54 Å². The number of amides is 1. The van der Waals surface area contributed by atoms with E-state index in [9.17, 15) is 4.79 Å². The van der Waals surface area contributed by atoms with Crippen molar-refractivity contribution in [1.29, 1.82) is 0 Å². The molecule has 5 heteroatoms. The van der Waals surface area contributed by atoms with E-state index in [0.717, 1.165) is 42.6 Å². The number of rotatable bonds is 6. The molecule has 2 aromatic carbocycles. The lowest BCUT2D eigenvalue weighted by Crippen LogP contribution is -3.15. The summed E-state index contributed by atoms with van der Waals surface area (Å²) in [5.74, 6) is 0.960. The fourth-order valence-corrected chi connectivity index (χ4v) is 3.65. The Labute approximate surface area is 147 Å². The molecule has 1 aliphatic rings. The van der Waals surface area contributed by atoms with E-state index in [4.69, 9.17) is 4.74 Å². The van der Waals surface area contributed by atoms with Crippen LogP contribution in [0.5, 0.6) is 0 Å². The zero-order valence-electron chi connectivity index (χ0n) is 13.7. The Hall–Kier alpha value is -1.82. The minimum atomic E-state index is 0.0691. The van der Waals surface area contributed by atoms with Crippen LogP contribution in [0.25, 0.3) is 0 Å². The number of morpholine rings is 1. The van der Waals surface area contributed by atoms with Crippen LogP contribution < -0.4 is 10.2 Å². The van der Waals surface area contributed by atoms with Gasteiger partial charge in [0, 0.05) is 10.6 Å². The normalized spacial score (nSPS) is 15.2. The summed E-state index contributed by atoms with van der Waals surface area (Å²) in [6.45, 7) is 3.79. The molecule has 0 aromatic heterocycles. The van der Waals surface area contributed by atoms with Crippen LogP contribution in [0.1, 0.15) is 5.56 Å². The molecule has 2 N–H and O–H groups in total. The highest BCUT2D eigenvalue weighted by atomic mass is 32.2. The molecule has 0 atom stereocenters. The molecule has 1 amide bonds. The Balaban J connectivity index is 1.57. The van der Waals surface area contributed by atoms with Gasteiger partial charge in [0.25, 0.3) is 5.91 Å². The molecule has 1 aliphatic heterocycles. The van der Waals surface area contributed by atoms with E-state index in [1.165, 1.54) is 10.5 Å². The highest BCUT2D eigenvalue weighted by molar-refractivity contribution is 7.98. The molecule has 2 aromatic rings. The quantitative estimate of drug-likeness (QED) is 0.787. The molecule has 0 bridgehead atoms. The molecular weight excluding hydrogens is 320 g/mol. The van der Waals surface area contributed by atoms with Gasteiger partial charge in [-0.25, -0.2) is 0 Å². The van der Waals surface area contributed by atoms with E-state index in [-0.39, 0.29) is 5.91 Å². The molecule has 3 rings (SSSR count). The van der Waals surface area contributed by atoms with Gasteiger partial charge in [0.05, 0.1) is 18.9 Å². The Morgan fingerprint density at radius 3 is 2.54 bits per heavy atom. The SMILES string of the molecule is O=C(C[NH+]1CCOCC1)Nc1ccccc1SCc1ccccc1. The fraction of sp³-hybridized carbons (Fsp3) is 0.316. The number of hydrogen-bond acceptors (Lipinski definition) is 3. The number of quaternary nitrogens is 1. The number of benzene rings is 2. The molecule has 1 fully saturated rings. The summed E-state index contributed by atoms with van der Waals surface area (Å²) in [6, 6.07) is 18.4. The summed E-state index contributed by atoms with van der Waals surface area (Å²) in [5, 5.41) is 3.07. The number of carbonyl (C=O) groups is 1. The minimum Gasteiger partial charge on any atom is -0.370 e. The monoisotopic (exact) mass is 343 g/mol. The zero-order valence-corrected chi connectivity index (χ0v) is 14.5. The molecule has 24 heavy (non-hydrogen) atoms. The summed E-state index contributed by atoms with van der Waals surface area (Å²) < 4.78 is 5.34. The van der Waals surface area contributed by atoms with Crippen molar-refractivity contribution in [3.8, 4) is 0 Å². The number of ether oxygens (including phenoxy) is 1. The predicted octanol–water partition coefficient (Wildman–Crippen LogP) is 1.83. The van der Waals surface area contributed by atoms with Crippen molar-refractivity contribution in [3.63, 3.8) is 0 Å². The van der Waals surface area contributed by atoms with Crippen LogP contribution in [-0.2, 0) is 15.3 Å². The van der Waals surface area contributed by atoms with Crippen molar-refractivity contribution in [2.45, 2.75) is 10.6 Å². The molecule has 0 radical (unpaired) electrons. The number of anilines is 1. The maximum absolute atomic E-state index is 12.3. The molecule has 0 saturated carbocycles. The average molecular weight is 343 g/mol.